The van der Waals surface area contributed by atoms with Gasteiger partial charge in [0.15, 0.2) is 0 Å². The van der Waals surface area contributed by atoms with Crippen molar-refractivity contribution in [3.63, 3.8) is 0 Å². The van der Waals surface area contributed by atoms with Crippen molar-refractivity contribution in [2.75, 3.05) is 26.0 Å². The topological polar surface area (TPSA) is 3.24 Å². The lowest BCUT2D eigenvalue weighted by Gasteiger charge is -2.15. The molecular formula is C8H16ClN. The highest BCUT2D eigenvalue weighted by Crippen LogP contribution is 1.97. The molecule has 0 aliphatic rings. The van der Waals surface area contributed by atoms with Crippen LogP contribution in [-0.4, -0.2) is 30.9 Å². The zero-order chi connectivity index (χ0) is 7.98. The molecule has 0 atom stereocenters. The maximum Gasteiger partial charge on any atom is 0.0443 e. The third-order valence-corrected chi connectivity index (χ3v) is 1.67. The highest BCUT2D eigenvalue weighted by atomic mass is 35.5. The molecule has 60 valence electrons. The van der Waals surface area contributed by atoms with E-state index in [4.69, 9.17) is 11.6 Å². The van der Waals surface area contributed by atoms with Crippen molar-refractivity contribution in [3.05, 3.63) is 12.2 Å². The quantitative estimate of drug-likeness (QED) is 0.441. The van der Waals surface area contributed by atoms with Crippen LogP contribution < -0.4 is 0 Å². The van der Waals surface area contributed by atoms with Crippen molar-refractivity contribution in [1.82, 2.24) is 4.90 Å². The van der Waals surface area contributed by atoms with Crippen molar-refractivity contribution in [2.45, 2.75) is 13.3 Å². The minimum atomic E-state index is 0.577. The molecule has 0 saturated carbocycles. The molecule has 0 aromatic rings. The summed E-state index contributed by atoms with van der Waals surface area (Å²) in [5, 5.41) is 0. The second kappa shape index (κ2) is 5.75. The van der Waals surface area contributed by atoms with Gasteiger partial charge < -0.3 is 4.90 Å². The molecule has 0 bridgehead atoms. The van der Waals surface area contributed by atoms with Crippen molar-refractivity contribution >= 4 is 11.6 Å². The maximum absolute atomic E-state index is 5.57. The minimum absolute atomic E-state index is 0.577. The summed E-state index contributed by atoms with van der Waals surface area (Å²) in [5.41, 5.74) is 1.10. The molecule has 0 heterocycles. The monoisotopic (exact) mass is 161 g/mol. The van der Waals surface area contributed by atoms with E-state index in [2.05, 4.69) is 25.5 Å². The molecule has 2 heteroatoms. The zero-order valence-electron chi connectivity index (χ0n) is 6.86. The number of hydrogen-bond acceptors (Lipinski definition) is 1. The van der Waals surface area contributed by atoms with Crippen LogP contribution in [0.5, 0.6) is 0 Å². The molecule has 0 amide bonds. The highest BCUT2D eigenvalue weighted by molar-refractivity contribution is 6.19. The van der Waals surface area contributed by atoms with Crippen molar-refractivity contribution in [2.24, 2.45) is 0 Å². The van der Waals surface area contributed by atoms with E-state index in [-0.39, 0.29) is 0 Å². The van der Waals surface area contributed by atoms with Crippen LogP contribution in [0.1, 0.15) is 13.3 Å². The van der Waals surface area contributed by atoms with E-state index in [9.17, 15) is 0 Å². The Morgan fingerprint density at radius 3 is 2.60 bits per heavy atom. The summed E-state index contributed by atoms with van der Waals surface area (Å²) in [6.07, 6.45) is 1.19. The Morgan fingerprint density at radius 2 is 2.20 bits per heavy atom. The first-order chi connectivity index (χ1) is 4.70. The Morgan fingerprint density at radius 1 is 1.60 bits per heavy atom. The van der Waals surface area contributed by atoms with Crippen LogP contribution in [0.4, 0.5) is 0 Å². The van der Waals surface area contributed by atoms with Gasteiger partial charge >= 0.3 is 0 Å². The molecule has 1 nitrogen and oxygen atoms in total. The van der Waals surface area contributed by atoms with Crippen LogP contribution in [0.25, 0.3) is 0 Å². The number of halogens is 1. The summed E-state index contributed by atoms with van der Waals surface area (Å²) in [5.74, 6) is 0.577. The molecule has 0 fully saturated rings. The predicted molar refractivity (Wildman–Crippen MR) is 47.6 cm³/mol. The fraction of sp³-hybridized carbons (Fsp3) is 0.750. The van der Waals surface area contributed by atoms with E-state index >= 15 is 0 Å². The smallest absolute Gasteiger partial charge is 0.0443 e. The van der Waals surface area contributed by atoms with Gasteiger partial charge in [0.05, 0.1) is 0 Å². The molecule has 0 aliphatic heterocycles. The van der Waals surface area contributed by atoms with Gasteiger partial charge in [0.1, 0.15) is 0 Å². The van der Waals surface area contributed by atoms with Gasteiger partial charge in [-0.2, -0.15) is 0 Å². The van der Waals surface area contributed by atoms with E-state index in [1.807, 2.05) is 0 Å². The standard InChI is InChI=1S/C8H16ClN/c1-4-5-10(3)7-8(2)6-9/h2,4-7H2,1,3H3. The van der Waals surface area contributed by atoms with Crippen LogP contribution in [0.3, 0.4) is 0 Å². The summed E-state index contributed by atoms with van der Waals surface area (Å²) >= 11 is 5.57. The molecule has 0 unspecified atom stereocenters. The van der Waals surface area contributed by atoms with E-state index < -0.39 is 0 Å². The van der Waals surface area contributed by atoms with E-state index in [0.29, 0.717) is 5.88 Å². The third-order valence-electron chi connectivity index (χ3n) is 1.29. The Labute approximate surface area is 68.7 Å². The van der Waals surface area contributed by atoms with Crippen LogP contribution in [0.15, 0.2) is 12.2 Å². The largest absolute Gasteiger partial charge is 0.302 e. The zero-order valence-corrected chi connectivity index (χ0v) is 7.62. The van der Waals surface area contributed by atoms with E-state index in [0.717, 1.165) is 18.7 Å². The molecule has 0 saturated heterocycles. The number of nitrogens with zero attached hydrogens (tertiary/aromatic N) is 1. The number of rotatable bonds is 5. The molecular weight excluding hydrogens is 146 g/mol. The van der Waals surface area contributed by atoms with Gasteiger partial charge in [0.25, 0.3) is 0 Å². The molecule has 0 aliphatic carbocycles. The van der Waals surface area contributed by atoms with Gasteiger partial charge in [0.2, 0.25) is 0 Å². The Balaban J connectivity index is 3.37. The van der Waals surface area contributed by atoms with Gasteiger partial charge in [-0.05, 0) is 25.6 Å². The molecule has 0 aromatic heterocycles. The summed E-state index contributed by atoms with van der Waals surface area (Å²) in [6, 6.07) is 0. The summed E-state index contributed by atoms with van der Waals surface area (Å²) in [6.45, 7) is 8.04. The number of hydrogen-bond donors (Lipinski definition) is 0. The summed E-state index contributed by atoms with van der Waals surface area (Å²) in [7, 11) is 2.08. The maximum atomic E-state index is 5.57. The minimum Gasteiger partial charge on any atom is -0.302 e. The first-order valence-electron chi connectivity index (χ1n) is 3.61. The van der Waals surface area contributed by atoms with Gasteiger partial charge in [0, 0.05) is 12.4 Å². The van der Waals surface area contributed by atoms with Gasteiger partial charge in [-0.1, -0.05) is 13.5 Å². The first kappa shape index (κ1) is 9.99. The third kappa shape index (κ3) is 4.83. The average Bonchev–Trinajstić information content (AvgIpc) is 1.88. The van der Waals surface area contributed by atoms with Gasteiger partial charge in [-0.25, -0.2) is 0 Å². The van der Waals surface area contributed by atoms with Crippen LogP contribution in [0.2, 0.25) is 0 Å². The van der Waals surface area contributed by atoms with E-state index in [1.54, 1.807) is 0 Å². The molecule has 0 aromatic carbocycles. The van der Waals surface area contributed by atoms with Gasteiger partial charge in [-0.3, -0.25) is 0 Å². The van der Waals surface area contributed by atoms with Crippen LogP contribution in [-0.2, 0) is 0 Å². The summed E-state index contributed by atoms with van der Waals surface area (Å²) < 4.78 is 0. The second-order valence-electron chi connectivity index (χ2n) is 2.62. The number of likely N-dealkylation sites (N-methyl/N-ethyl adjacent to an activating group) is 1. The fourth-order valence-electron chi connectivity index (χ4n) is 0.885. The molecule has 0 rings (SSSR count). The lowest BCUT2D eigenvalue weighted by atomic mass is 10.3. The molecule has 10 heavy (non-hydrogen) atoms. The summed E-state index contributed by atoms with van der Waals surface area (Å²) in [4.78, 5) is 2.23. The van der Waals surface area contributed by atoms with Crippen molar-refractivity contribution in [1.29, 1.82) is 0 Å². The lowest BCUT2D eigenvalue weighted by molar-refractivity contribution is 0.363. The van der Waals surface area contributed by atoms with Gasteiger partial charge in [-0.15, -0.1) is 11.6 Å². The van der Waals surface area contributed by atoms with Crippen molar-refractivity contribution in [3.8, 4) is 0 Å². The second-order valence-corrected chi connectivity index (χ2v) is 2.89. The fourth-order valence-corrected chi connectivity index (χ4v) is 0.969. The Bertz CT molecular complexity index is 101. The van der Waals surface area contributed by atoms with E-state index in [1.165, 1.54) is 6.42 Å². The number of alkyl halides is 1. The predicted octanol–water partition coefficient (Wildman–Crippen LogP) is 2.12. The SMILES string of the molecule is C=C(CCl)CN(C)CCC. The normalized spacial score (nSPS) is 10.4. The lowest BCUT2D eigenvalue weighted by Crippen LogP contribution is -2.21. The van der Waals surface area contributed by atoms with Crippen LogP contribution in [0, 0.1) is 0 Å². The average molecular weight is 162 g/mol. The van der Waals surface area contributed by atoms with Crippen molar-refractivity contribution < 1.29 is 0 Å². The molecule has 0 spiro atoms. The Hall–Kier alpha value is -0.0100. The Kier molecular flexibility index (Phi) is 5.74. The highest BCUT2D eigenvalue weighted by Gasteiger charge is 1.97. The molecule has 0 N–H and O–H groups in total. The first-order valence-corrected chi connectivity index (χ1v) is 4.15. The molecule has 0 radical (unpaired) electrons. The van der Waals surface area contributed by atoms with Crippen LogP contribution >= 0.6 is 11.6 Å².